The predicted molar refractivity (Wildman–Crippen MR) is 82.1 cm³/mol. The van der Waals surface area contributed by atoms with Gasteiger partial charge in [0, 0.05) is 16.3 Å². The summed E-state index contributed by atoms with van der Waals surface area (Å²) in [5, 5.41) is -0.194. The van der Waals surface area contributed by atoms with E-state index in [0.717, 1.165) is 6.26 Å². The minimum Gasteiger partial charge on any atom is -0.288 e. The summed E-state index contributed by atoms with van der Waals surface area (Å²) < 4.78 is 37.4. The Bertz CT molecular complexity index is 834. The van der Waals surface area contributed by atoms with Gasteiger partial charge in [-0.3, -0.25) is 4.79 Å². The Kier molecular flexibility index (Phi) is 4.51. The lowest BCUT2D eigenvalue weighted by atomic mass is 10.0. The lowest BCUT2D eigenvalue weighted by molar-refractivity contribution is 0.103. The molecule has 2 aromatic carbocycles. The Morgan fingerprint density at radius 2 is 1.90 bits per heavy atom. The molecule has 0 aromatic heterocycles. The molecule has 0 spiro atoms. The number of halogens is 3. The summed E-state index contributed by atoms with van der Waals surface area (Å²) in [5.41, 5.74) is -0.135. The fourth-order valence-electron chi connectivity index (χ4n) is 1.72. The standard InChI is InChI=1S/C14H9BrClFO3S/c1-21(19,20)9-4-2-3-8(7-9)14(18)10-5-6-11(15)12(16)13(10)17/h2-7H,1H3. The first-order valence-electron chi connectivity index (χ1n) is 5.70. The Balaban J connectivity index is 2.54. The number of ketones is 1. The summed E-state index contributed by atoms with van der Waals surface area (Å²) in [5.74, 6) is -1.48. The van der Waals surface area contributed by atoms with Gasteiger partial charge in [-0.1, -0.05) is 23.7 Å². The molecule has 0 aliphatic carbocycles. The number of sulfone groups is 1. The molecule has 3 nitrogen and oxygen atoms in total. The average Bonchev–Trinajstić information content (AvgIpc) is 2.43. The summed E-state index contributed by atoms with van der Waals surface area (Å²) in [4.78, 5) is 12.3. The van der Waals surface area contributed by atoms with Crippen LogP contribution in [0.4, 0.5) is 4.39 Å². The average molecular weight is 392 g/mol. The van der Waals surface area contributed by atoms with Crippen molar-refractivity contribution in [1.29, 1.82) is 0 Å². The third-order valence-corrected chi connectivity index (χ3v) is 5.17. The highest BCUT2D eigenvalue weighted by atomic mass is 79.9. The first-order chi connectivity index (χ1) is 9.71. The van der Waals surface area contributed by atoms with Gasteiger partial charge in [0.2, 0.25) is 0 Å². The molecule has 0 unspecified atom stereocenters. The number of hydrogen-bond donors (Lipinski definition) is 0. The Labute approximate surface area is 134 Å². The monoisotopic (exact) mass is 390 g/mol. The van der Waals surface area contributed by atoms with Gasteiger partial charge in [-0.05, 0) is 40.2 Å². The van der Waals surface area contributed by atoms with Crippen molar-refractivity contribution in [2.75, 3.05) is 6.26 Å². The molecule has 21 heavy (non-hydrogen) atoms. The molecule has 2 aromatic rings. The molecule has 110 valence electrons. The Morgan fingerprint density at radius 1 is 1.24 bits per heavy atom. The maximum atomic E-state index is 14.0. The van der Waals surface area contributed by atoms with Crippen LogP contribution in [0.5, 0.6) is 0 Å². The minimum absolute atomic E-state index is 0.00281. The van der Waals surface area contributed by atoms with E-state index in [1.54, 1.807) is 0 Å². The van der Waals surface area contributed by atoms with Gasteiger partial charge in [-0.25, -0.2) is 12.8 Å². The van der Waals surface area contributed by atoms with E-state index in [-0.39, 0.29) is 21.0 Å². The van der Waals surface area contributed by atoms with Crippen LogP contribution in [0.2, 0.25) is 5.02 Å². The van der Waals surface area contributed by atoms with Crippen molar-refractivity contribution < 1.29 is 17.6 Å². The molecule has 0 bridgehead atoms. The van der Waals surface area contributed by atoms with E-state index in [9.17, 15) is 17.6 Å². The molecule has 0 aliphatic heterocycles. The highest BCUT2D eigenvalue weighted by Gasteiger charge is 2.19. The van der Waals surface area contributed by atoms with Crippen LogP contribution in [0.25, 0.3) is 0 Å². The first kappa shape index (κ1) is 16.1. The van der Waals surface area contributed by atoms with Crippen molar-refractivity contribution in [3.05, 3.63) is 62.8 Å². The van der Waals surface area contributed by atoms with Crippen molar-refractivity contribution in [1.82, 2.24) is 0 Å². The third kappa shape index (κ3) is 3.33. The molecule has 0 N–H and O–H groups in total. The van der Waals surface area contributed by atoms with Gasteiger partial charge < -0.3 is 0 Å². The van der Waals surface area contributed by atoms with Gasteiger partial charge in [-0.2, -0.15) is 0 Å². The second kappa shape index (κ2) is 5.87. The van der Waals surface area contributed by atoms with Gasteiger partial charge in [0.1, 0.15) is 0 Å². The number of hydrogen-bond acceptors (Lipinski definition) is 3. The van der Waals surface area contributed by atoms with E-state index in [1.165, 1.54) is 36.4 Å². The van der Waals surface area contributed by atoms with Crippen LogP contribution in [-0.4, -0.2) is 20.5 Å². The molecular weight excluding hydrogens is 383 g/mol. The normalized spacial score (nSPS) is 11.4. The summed E-state index contributed by atoms with van der Waals surface area (Å²) in [6.45, 7) is 0. The van der Waals surface area contributed by atoms with E-state index >= 15 is 0 Å². The van der Waals surface area contributed by atoms with Gasteiger partial charge in [0.05, 0.1) is 15.5 Å². The lowest BCUT2D eigenvalue weighted by Crippen LogP contribution is -2.06. The summed E-state index contributed by atoms with van der Waals surface area (Å²) in [7, 11) is -3.45. The largest absolute Gasteiger partial charge is 0.288 e. The first-order valence-corrected chi connectivity index (χ1v) is 8.76. The maximum absolute atomic E-state index is 14.0. The predicted octanol–water partition coefficient (Wildman–Crippen LogP) is 3.88. The maximum Gasteiger partial charge on any atom is 0.196 e. The van der Waals surface area contributed by atoms with Gasteiger partial charge in [-0.15, -0.1) is 0 Å². The highest BCUT2D eigenvalue weighted by Crippen LogP contribution is 2.29. The highest BCUT2D eigenvalue weighted by molar-refractivity contribution is 9.10. The van der Waals surface area contributed by atoms with Crippen LogP contribution in [0.3, 0.4) is 0 Å². The molecule has 0 heterocycles. The van der Waals surface area contributed by atoms with Crippen LogP contribution in [0, 0.1) is 5.82 Å². The Morgan fingerprint density at radius 3 is 2.52 bits per heavy atom. The second-order valence-corrected chi connectivity index (χ2v) is 7.60. The van der Waals surface area contributed by atoms with Crippen molar-refractivity contribution >= 4 is 43.2 Å². The van der Waals surface area contributed by atoms with Crippen molar-refractivity contribution in [2.24, 2.45) is 0 Å². The quantitative estimate of drug-likeness (QED) is 0.589. The molecule has 0 saturated carbocycles. The second-order valence-electron chi connectivity index (χ2n) is 4.35. The SMILES string of the molecule is CS(=O)(=O)c1cccc(C(=O)c2ccc(Br)c(Cl)c2F)c1. The smallest absolute Gasteiger partial charge is 0.196 e. The number of carbonyl (C=O) groups is 1. The lowest BCUT2D eigenvalue weighted by Gasteiger charge is -2.07. The van der Waals surface area contributed by atoms with Crippen LogP contribution >= 0.6 is 27.5 Å². The molecule has 0 saturated heterocycles. The summed E-state index contributed by atoms with van der Waals surface area (Å²) in [6.07, 6.45) is 1.04. The van der Waals surface area contributed by atoms with E-state index < -0.39 is 21.4 Å². The van der Waals surface area contributed by atoms with E-state index in [2.05, 4.69) is 15.9 Å². The zero-order valence-electron chi connectivity index (χ0n) is 10.7. The number of benzene rings is 2. The summed E-state index contributed by atoms with van der Waals surface area (Å²) in [6, 6.07) is 8.19. The fraction of sp³-hybridized carbons (Fsp3) is 0.0714. The molecule has 7 heteroatoms. The number of rotatable bonds is 3. The fourth-order valence-corrected chi connectivity index (χ4v) is 2.86. The van der Waals surface area contributed by atoms with Crippen LogP contribution in [0.15, 0.2) is 45.8 Å². The van der Waals surface area contributed by atoms with Gasteiger partial charge in [0.25, 0.3) is 0 Å². The van der Waals surface area contributed by atoms with Crippen LogP contribution in [-0.2, 0) is 9.84 Å². The van der Waals surface area contributed by atoms with E-state index in [0.29, 0.717) is 4.47 Å². The topological polar surface area (TPSA) is 51.2 Å². The van der Waals surface area contributed by atoms with Gasteiger partial charge in [0.15, 0.2) is 21.4 Å². The molecule has 0 aliphatic rings. The van der Waals surface area contributed by atoms with Crippen LogP contribution in [0.1, 0.15) is 15.9 Å². The molecule has 0 fully saturated rings. The number of carbonyl (C=O) groups excluding carboxylic acids is 1. The van der Waals surface area contributed by atoms with Crippen molar-refractivity contribution in [3.63, 3.8) is 0 Å². The molecule has 0 radical (unpaired) electrons. The zero-order valence-corrected chi connectivity index (χ0v) is 13.9. The molecular formula is C14H9BrClFO3S. The molecule has 0 amide bonds. The van der Waals surface area contributed by atoms with Crippen LogP contribution < -0.4 is 0 Å². The van der Waals surface area contributed by atoms with E-state index in [4.69, 9.17) is 11.6 Å². The van der Waals surface area contributed by atoms with Gasteiger partial charge >= 0.3 is 0 Å². The molecule has 2 rings (SSSR count). The van der Waals surface area contributed by atoms with Crippen molar-refractivity contribution in [2.45, 2.75) is 4.90 Å². The Hall–Kier alpha value is -1.24. The van der Waals surface area contributed by atoms with Crippen molar-refractivity contribution in [3.8, 4) is 0 Å². The third-order valence-electron chi connectivity index (χ3n) is 2.80. The molecule has 0 atom stereocenters. The minimum atomic E-state index is -3.45. The summed E-state index contributed by atoms with van der Waals surface area (Å²) >= 11 is 8.81. The zero-order chi connectivity index (χ0) is 15.8. The van der Waals surface area contributed by atoms with E-state index in [1.807, 2.05) is 0 Å².